The largest absolute Gasteiger partial charge is 0.316 e. The maximum Gasteiger partial charge on any atom is 0.242 e. The third-order valence-electron chi connectivity index (χ3n) is 3.73. The van der Waals surface area contributed by atoms with E-state index in [0.29, 0.717) is 5.56 Å². The molecule has 1 aromatic carbocycles. The van der Waals surface area contributed by atoms with Gasteiger partial charge in [-0.15, -0.1) is 12.4 Å². The van der Waals surface area contributed by atoms with Crippen LogP contribution < -0.4 is 10.0 Å². The first-order valence-corrected chi connectivity index (χ1v) is 8.17. The molecular weight excluding hydrogens is 310 g/mol. The van der Waals surface area contributed by atoms with Crippen molar-refractivity contribution in [1.29, 1.82) is 5.26 Å². The summed E-state index contributed by atoms with van der Waals surface area (Å²) in [6.07, 6.45) is 0.758. The number of piperidine rings is 1. The molecule has 2 unspecified atom stereocenters. The van der Waals surface area contributed by atoms with Gasteiger partial charge in [0, 0.05) is 6.04 Å². The molecule has 0 bridgehead atoms. The Morgan fingerprint density at radius 1 is 1.43 bits per heavy atom. The molecule has 0 radical (unpaired) electrons. The van der Waals surface area contributed by atoms with Gasteiger partial charge in [0.1, 0.15) is 11.0 Å². The van der Waals surface area contributed by atoms with Crippen LogP contribution in [0.5, 0.6) is 0 Å². The second-order valence-corrected chi connectivity index (χ2v) is 6.94. The number of rotatable bonds is 3. The lowest BCUT2D eigenvalue weighted by molar-refractivity contribution is 0.328. The Labute approximate surface area is 132 Å². The number of halogens is 1. The molecule has 5 nitrogen and oxygen atoms in total. The lowest BCUT2D eigenvalue weighted by Crippen LogP contribution is -2.48. The average Bonchev–Trinajstić information content (AvgIpc) is 2.41. The van der Waals surface area contributed by atoms with Gasteiger partial charge in [-0.3, -0.25) is 0 Å². The van der Waals surface area contributed by atoms with E-state index >= 15 is 0 Å². The van der Waals surface area contributed by atoms with E-state index in [4.69, 9.17) is 5.26 Å². The van der Waals surface area contributed by atoms with Crippen LogP contribution >= 0.6 is 12.4 Å². The lowest BCUT2D eigenvalue weighted by atomic mass is 9.97. The van der Waals surface area contributed by atoms with Crippen LogP contribution in [0.1, 0.15) is 24.5 Å². The minimum atomic E-state index is -3.66. The Morgan fingerprint density at radius 2 is 2.14 bits per heavy atom. The van der Waals surface area contributed by atoms with E-state index in [0.717, 1.165) is 19.5 Å². The Bertz CT molecular complexity index is 640. The third kappa shape index (κ3) is 3.95. The first-order valence-electron chi connectivity index (χ1n) is 6.68. The summed E-state index contributed by atoms with van der Waals surface area (Å²) < 4.78 is 27.7. The van der Waals surface area contributed by atoms with Crippen molar-refractivity contribution < 1.29 is 8.42 Å². The number of aryl methyl sites for hydroxylation is 1. The fourth-order valence-corrected chi connectivity index (χ4v) is 4.07. The minimum absolute atomic E-state index is 0. The summed E-state index contributed by atoms with van der Waals surface area (Å²) in [5.74, 6) is 0.230. The van der Waals surface area contributed by atoms with Crippen molar-refractivity contribution in [3.63, 3.8) is 0 Å². The fraction of sp³-hybridized carbons (Fsp3) is 0.500. The smallest absolute Gasteiger partial charge is 0.242 e. The molecule has 1 fully saturated rings. The van der Waals surface area contributed by atoms with Crippen molar-refractivity contribution in [2.45, 2.75) is 31.2 Å². The second kappa shape index (κ2) is 7.23. The molecule has 1 aliphatic rings. The van der Waals surface area contributed by atoms with Crippen LogP contribution in [0.4, 0.5) is 0 Å². The number of hydrogen-bond acceptors (Lipinski definition) is 4. The van der Waals surface area contributed by atoms with Crippen LogP contribution in [0.25, 0.3) is 0 Å². The van der Waals surface area contributed by atoms with E-state index in [1.807, 2.05) is 13.0 Å². The highest BCUT2D eigenvalue weighted by atomic mass is 35.5. The second-order valence-electron chi connectivity index (χ2n) is 5.26. The third-order valence-corrected chi connectivity index (χ3v) is 5.26. The number of benzene rings is 1. The van der Waals surface area contributed by atoms with Crippen molar-refractivity contribution >= 4 is 22.4 Å². The Morgan fingerprint density at radius 3 is 2.76 bits per heavy atom. The molecule has 1 aliphatic heterocycles. The molecular formula is C14H20ClN3O2S. The van der Waals surface area contributed by atoms with Crippen LogP contribution in [0.3, 0.4) is 0 Å². The van der Waals surface area contributed by atoms with Crippen LogP contribution in [-0.2, 0) is 10.0 Å². The van der Waals surface area contributed by atoms with E-state index in [1.165, 1.54) is 6.07 Å². The number of hydrogen-bond donors (Lipinski definition) is 2. The summed E-state index contributed by atoms with van der Waals surface area (Å²) in [5.41, 5.74) is 0.898. The number of nitrogens with one attached hydrogen (secondary N) is 2. The van der Waals surface area contributed by atoms with E-state index in [9.17, 15) is 8.42 Å². The predicted octanol–water partition coefficient (Wildman–Crippen LogP) is 1.56. The molecule has 2 atom stereocenters. The molecule has 0 amide bonds. The predicted molar refractivity (Wildman–Crippen MR) is 83.9 cm³/mol. The van der Waals surface area contributed by atoms with Crippen molar-refractivity contribution in [1.82, 2.24) is 10.0 Å². The van der Waals surface area contributed by atoms with Crippen LogP contribution in [0.2, 0.25) is 0 Å². The molecule has 2 rings (SSSR count). The highest BCUT2D eigenvalue weighted by Crippen LogP contribution is 2.20. The zero-order valence-electron chi connectivity index (χ0n) is 12.1. The van der Waals surface area contributed by atoms with Gasteiger partial charge in [-0.1, -0.05) is 19.1 Å². The zero-order chi connectivity index (χ0) is 14.8. The summed E-state index contributed by atoms with van der Waals surface area (Å²) in [6, 6.07) is 6.79. The molecule has 0 saturated carbocycles. The maximum absolute atomic E-state index is 12.5. The monoisotopic (exact) mass is 329 g/mol. The molecule has 0 aliphatic carbocycles. The standard InChI is InChI=1S/C14H19N3O2S.ClH/c1-10-4-3-5-14(12(10)8-15)20(18,19)17-13-6-7-16-9-11(13)2;/h3-5,11,13,16-17H,6-7,9H2,1-2H3;1H. The number of sulfonamides is 1. The van der Waals surface area contributed by atoms with Gasteiger partial charge in [0.25, 0.3) is 0 Å². The van der Waals surface area contributed by atoms with E-state index in [2.05, 4.69) is 10.0 Å². The van der Waals surface area contributed by atoms with Gasteiger partial charge < -0.3 is 5.32 Å². The summed E-state index contributed by atoms with van der Waals surface area (Å²) in [5, 5.41) is 12.4. The van der Waals surface area contributed by atoms with Gasteiger partial charge in [0.05, 0.1) is 5.56 Å². The highest BCUT2D eigenvalue weighted by molar-refractivity contribution is 7.89. The zero-order valence-corrected chi connectivity index (χ0v) is 13.7. The first-order chi connectivity index (χ1) is 9.45. The molecule has 1 heterocycles. The summed E-state index contributed by atoms with van der Waals surface area (Å²) in [6.45, 7) is 5.36. The Balaban J connectivity index is 0.00000220. The van der Waals surface area contributed by atoms with E-state index in [-0.39, 0.29) is 34.8 Å². The SMILES string of the molecule is Cc1cccc(S(=O)(=O)NC2CCNCC2C)c1C#N.Cl. The normalized spacial score (nSPS) is 22.1. The minimum Gasteiger partial charge on any atom is -0.316 e. The molecule has 2 N–H and O–H groups in total. The van der Waals surface area contributed by atoms with Crippen molar-refractivity contribution in [3.05, 3.63) is 29.3 Å². The lowest BCUT2D eigenvalue weighted by Gasteiger charge is -2.30. The van der Waals surface area contributed by atoms with Crippen molar-refractivity contribution in [2.75, 3.05) is 13.1 Å². The van der Waals surface area contributed by atoms with Gasteiger partial charge in [-0.2, -0.15) is 5.26 Å². The van der Waals surface area contributed by atoms with Crippen LogP contribution in [-0.4, -0.2) is 27.5 Å². The Kier molecular flexibility index (Phi) is 6.17. The molecule has 116 valence electrons. The molecule has 1 saturated heterocycles. The highest BCUT2D eigenvalue weighted by Gasteiger charge is 2.28. The van der Waals surface area contributed by atoms with Crippen LogP contribution in [0, 0.1) is 24.2 Å². The summed E-state index contributed by atoms with van der Waals surface area (Å²) >= 11 is 0. The Hall–Kier alpha value is -1.13. The summed E-state index contributed by atoms with van der Waals surface area (Å²) in [4.78, 5) is 0.0748. The van der Waals surface area contributed by atoms with Crippen molar-refractivity contribution in [2.24, 2.45) is 5.92 Å². The summed E-state index contributed by atoms with van der Waals surface area (Å²) in [7, 11) is -3.66. The molecule has 21 heavy (non-hydrogen) atoms. The molecule has 0 spiro atoms. The van der Waals surface area contributed by atoms with E-state index in [1.54, 1.807) is 19.1 Å². The average molecular weight is 330 g/mol. The van der Waals surface area contributed by atoms with E-state index < -0.39 is 10.0 Å². The quantitative estimate of drug-likeness (QED) is 0.881. The van der Waals surface area contributed by atoms with Crippen LogP contribution in [0.15, 0.2) is 23.1 Å². The number of nitriles is 1. The first kappa shape index (κ1) is 17.9. The maximum atomic E-state index is 12.5. The molecule has 0 aromatic heterocycles. The van der Waals surface area contributed by atoms with Gasteiger partial charge in [-0.05, 0) is 44.0 Å². The molecule has 1 aromatic rings. The number of nitrogens with zero attached hydrogens (tertiary/aromatic N) is 1. The van der Waals surface area contributed by atoms with Gasteiger partial charge in [0.2, 0.25) is 10.0 Å². The van der Waals surface area contributed by atoms with Gasteiger partial charge in [0.15, 0.2) is 0 Å². The topological polar surface area (TPSA) is 82.0 Å². The molecule has 7 heteroatoms. The van der Waals surface area contributed by atoms with Crippen molar-refractivity contribution in [3.8, 4) is 6.07 Å². The van der Waals surface area contributed by atoms with Gasteiger partial charge in [-0.25, -0.2) is 13.1 Å². The van der Waals surface area contributed by atoms with Gasteiger partial charge >= 0.3 is 0 Å². The fourth-order valence-electron chi connectivity index (χ4n) is 2.46.